The molecule has 212 valence electrons. The summed E-state index contributed by atoms with van der Waals surface area (Å²) in [6.45, 7) is 4.46. The van der Waals surface area contributed by atoms with Gasteiger partial charge in [0.15, 0.2) is 24.0 Å². The van der Waals surface area contributed by atoms with Crippen LogP contribution in [0.3, 0.4) is 0 Å². The number of benzene rings is 2. The lowest BCUT2D eigenvalue weighted by molar-refractivity contribution is -0.145. The second-order valence-corrected chi connectivity index (χ2v) is 9.53. The molecule has 0 radical (unpaired) electrons. The Morgan fingerprint density at radius 3 is 2.67 bits per heavy atom. The van der Waals surface area contributed by atoms with Gasteiger partial charge in [-0.15, -0.1) is 11.6 Å². The highest BCUT2D eigenvalue weighted by Gasteiger charge is 2.20. The van der Waals surface area contributed by atoms with Crippen molar-refractivity contribution >= 4 is 51.2 Å². The fourth-order valence-electron chi connectivity index (χ4n) is 4.69. The first-order valence-electron chi connectivity index (χ1n) is 13.3. The number of halogens is 2. The van der Waals surface area contributed by atoms with Crippen molar-refractivity contribution in [2.24, 2.45) is 0 Å². The molecule has 2 heterocycles. The van der Waals surface area contributed by atoms with E-state index in [4.69, 9.17) is 31.8 Å². The van der Waals surface area contributed by atoms with Crippen LogP contribution < -0.4 is 10.5 Å². The SMILES string of the molecule is CCCc1nc2c(N)nc3ccccc3c2n1CCCN(Cc1cccc(OCC(=O)OCC)c1F)C(=O)CCl. The summed E-state index contributed by atoms with van der Waals surface area (Å²) in [4.78, 5) is 35.2. The number of nitrogens with zero attached hydrogens (tertiary/aromatic N) is 4. The van der Waals surface area contributed by atoms with E-state index >= 15 is 4.39 Å². The summed E-state index contributed by atoms with van der Waals surface area (Å²) in [5.41, 5.74) is 8.90. The van der Waals surface area contributed by atoms with Crippen molar-refractivity contribution in [3.8, 4) is 5.75 Å². The topological polar surface area (TPSA) is 113 Å². The minimum absolute atomic E-state index is 0.000283. The van der Waals surface area contributed by atoms with E-state index in [-0.39, 0.29) is 36.3 Å². The third kappa shape index (κ3) is 6.44. The number of para-hydroxylation sites is 1. The molecule has 11 heteroatoms. The van der Waals surface area contributed by atoms with E-state index in [2.05, 4.69) is 16.5 Å². The van der Waals surface area contributed by atoms with Gasteiger partial charge in [0, 0.05) is 37.0 Å². The highest BCUT2D eigenvalue weighted by atomic mass is 35.5. The second-order valence-electron chi connectivity index (χ2n) is 9.27. The van der Waals surface area contributed by atoms with Gasteiger partial charge < -0.3 is 24.7 Å². The van der Waals surface area contributed by atoms with Gasteiger partial charge in [-0.25, -0.2) is 19.2 Å². The summed E-state index contributed by atoms with van der Waals surface area (Å²) in [5, 5.41) is 0.956. The number of carbonyl (C=O) groups excluding carboxylic acids is 2. The summed E-state index contributed by atoms with van der Waals surface area (Å²) >= 11 is 5.91. The normalized spacial score (nSPS) is 11.2. The monoisotopic (exact) mass is 569 g/mol. The maximum atomic E-state index is 15.2. The van der Waals surface area contributed by atoms with Crippen molar-refractivity contribution in [2.75, 3.05) is 31.4 Å². The smallest absolute Gasteiger partial charge is 0.344 e. The number of imidazole rings is 1. The number of fused-ring (bicyclic) bond motifs is 3. The molecular formula is C29H33ClFN5O4. The first-order chi connectivity index (χ1) is 19.4. The van der Waals surface area contributed by atoms with Crippen molar-refractivity contribution in [1.29, 1.82) is 0 Å². The average Bonchev–Trinajstić information content (AvgIpc) is 3.31. The van der Waals surface area contributed by atoms with E-state index in [1.807, 2.05) is 24.3 Å². The number of aromatic nitrogens is 3. The van der Waals surface area contributed by atoms with E-state index in [0.717, 1.165) is 35.1 Å². The minimum atomic E-state index is -0.639. The Labute approximate surface area is 237 Å². The summed E-state index contributed by atoms with van der Waals surface area (Å²) in [7, 11) is 0. The van der Waals surface area contributed by atoms with Crippen LogP contribution in [0.15, 0.2) is 42.5 Å². The van der Waals surface area contributed by atoms with Crippen LogP contribution in [-0.2, 0) is 33.8 Å². The predicted octanol–water partition coefficient (Wildman–Crippen LogP) is 4.86. The van der Waals surface area contributed by atoms with Gasteiger partial charge in [-0.1, -0.05) is 37.3 Å². The number of nitrogens with two attached hydrogens (primary N) is 1. The van der Waals surface area contributed by atoms with E-state index in [0.29, 0.717) is 30.8 Å². The first kappa shape index (κ1) is 29.1. The Morgan fingerprint density at radius 1 is 1.12 bits per heavy atom. The molecule has 9 nitrogen and oxygen atoms in total. The molecule has 40 heavy (non-hydrogen) atoms. The Kier molecular flexibility index (Phi) is 9.76. The number of rotatable bonds is 13. The van der Waals surface area contributed by atoms with Crippen LogP contribution in [0.2, 0.25) is 0 Å². The standard InChI is InChI=1S/C29H33ClFN5O4/c1-3-9-23-34-27-28(20-11-5-6-12-21(20)33-29(27)32)36(23)15-8-14-35(24(37)16-30)17-19-10-7-13-22(26(19)31)40-18-25(38)39-4-2/h5-7,10-13H,3-4,8-9,14-18H2,1-2H3,(H2,32,33). The maximum Gasteiger partial charge on any atom is 0.344 e. The van der Waals surface area contributed by atoms with Gasteiger partial charge >= 0.3 is 5.97 Å². The lowest BCUT2D eigenvalue weighted by atomic mass is 10.1. The lowest BCUT2D eigenvalue weighted by Crippen LogP contribution is -2.33. The zero-order valence-corrected chi connectivity index (χ0v) is 23.4. The molecule has 1 amide bonds. The van der Waals surface area contributed by atoms with Crippen LogP contribution in [0.1, 0.15) is 38.1 Å². The van der Waals surface area contributed by atoms with Gasteiger partial charge in [-0.05, 0) is 31.9 Å². The quantitative estimate of drug-likeness (QED) is 0.181. The fourth-order valence-corrected chi connectivity index (χ4v) is 4.86. The Balaban J connectivity index is 1.55. The number of aryl methyl sites for hydroxylation is 2. The lowest BCUT2D eigenvalue weighted by Gasteiger charge is -2.23. The van der Waals surface area contributed by atoms with E-state index in [1.165, 1.54) is 11.0 Å². The van der Waals surface area contributed by atoms with Crippen LogP contribution in [0.4, 0.5) is 10.2 Å². The molecule has 0 aliphatic rings. The molecular weight excluding hydrogens is 537 g/mol. The molecule has 0 aliphatic heterocycles. The third-order valence-electron chi connectivity index (χ3n) is 6.50. The number of hydrogen-bond donors (Lipinski definition) is 1. The number of anilines is 1. The van der Waals surface area contributed by atoms with Crippen LogP contribution in [0.25, 0.3) is 21.9 Å². The summed E-state index contributed by atoms with van der Waals surface area (Å²) in [6.07, 6.45) is 2.23. The van der Waals surface area contributed by atoms with Gasteiger partial charge in [-0.3, -0.25) is 4.79 Å². The van der Waals surface area contributed by atoms with Crippen LogP contribution in [0.5, 0.6) is 5.75 Å². The van der Waals surface area contributed by atoms with E-state index < -0.39 is 18.4 Å². The van der Waals surface area contributed by atoms with Crippen molar-refractivity contribution in [3.05, 3.63) is 59.7 Å². The largest absolute Gasteiger partial charge is 0.479 e. The molecule has 0 saturated heterocycles. The van der Waals surface area contributed by atoms with Crippen LogP contribution in [0, 0.1) is 5.82 Å². The number of pyridine rings is 1. The summed E-state index contributed by atoms with van der Waals surface area (Å²) in [6, 6.07) is 12.4. The van der Waals surface area contributed by atoms with Crippen molar-refractivity contribution in [1.82, 2.24) is 19.4 Å². The highest BCUT2D eigenvalue weighted by molar-refractivity contribution is 6.27. The fraction of sp³-hybridized carbons (Fsp3) is 0.379. The second kappa shape index (κ2) is 13.4. The maximum absolute atomic E-state index is 15.2. The Bertz CT molecular complexity index is 1510. The molecule has 2 N–H and O–H groups in total. The predicted molar refractivity (Wildman–Crippen MR) is 153 cm³/mol. The molecule has 0 fully saturated rings. The number of hydrogen-bond acceptors (Lipinski definition) is 7. The molecule has 2 aromatic carbocycles. The van der Waals surface area contributed by atoms with E-state index in [9.17, 15) is 9.59 Å². The number of nitrogen functional groups attached to an aromatic ring is 1. The average molecular weight is 570 g/mol. The van der Waals surface area contributed by atoms with E-state index in [1.54, 1.807) is 19.1 Å². The van der Waals surface area contributed by atoms with Crippen LogP contribution >= 0.6 is 11.6 Å². The first-order valence-corrected chi connectivity index (χ1v) is 13.8. The molecule has 0 saturated carbocycles. The van der Waals surface area contributed by atoms with Gasteiger partial charge in [0.1, 0.15) is 17.2 Å². The molecule has 0 spiro atoms. The highest BCUT2D eigenvalue weighted by Crippen LogP contribution is 2.29. The number of alkyl halides is 1. The minimum Gasteiger partial charge on any atom is -0.479 e. The van der Waals surface area contributed by atoms with Gasteiger partial charge in [0.2, 0.25) is 5.91 Å². The van der Waals surface area contributed by atoms with Crippen molar-refractivity contribution < 1.29 is 23.5 Å². The van der Waals surface area contributed by atoms with Crippen molar-refractivity contribution in [2.45, 2.75) is 46.2 Å². The number of esters is 1. The molecule has 2 aromatic heterocycles. The molecule has 0 aliphatic carbocycles. The number of carbonyl (C=O) groups is 2. The summed E-state index contributed by atoms with van der Waals surface area (Å²) in [5.74, 6) is -0.592. The molecule has 4 rings (SSSR count). The van der Waals surface area contributed by atoms with Crippen molar-refractivity contribution in [3.63, 3.8) is 0 Å². The van der Waals surface area contributed by atoms with Gasteiger partial charge in [0.25, 0.3) is 0 Å². The third-order valence-corrected chi connectivity index (χ3v) is 6.72. The van der Waals surface area contributed by atoms with Gasteiger partial charge in [-0.2, -0.15) is 0 Å². The molecule has 0 unspecified atom stereocenters. The molecule has 4 aromatic rings. The molecule has 0 bridgehead atoms. The Hall–Kier alpha value is -3.92. The Morgan fingerprint density at radius 2 is 1.93 bits per heavy atom. The summed E-state index contributed by atoms with van der Waals surface area (Å²) < 4.78 is 27.5. The van der Waals surface area contributed by atoms with Gasteiger partial charge in [0.05, 0.1) is 17.6 Å². The zero-order valence-electron chi connectivity index (χ0n) is 22.7. The molecule has 0 atom stereocenters. The van der Waals surface area contributed by atoms with Crippen LogP contribution in [-0.4, -0.2) is 56.9 Å². The zero-order chi connectivity index (χ0) is 28.6. The number of ether oxygens (including phenoxy) is 2. The number of amides is 1.